The number of nitrogens with zero attached hydrogens (tertiary/aromatic N) is 1. The van der Waals surface area contributed by atoms with E-state index in [1.54, 1.807) is 32.6 Å². The molecule has 2 N–H and O–H groups in total. The molecular weight excluding hydrogens is 510 g/mol. The number of hydrogen-bond acceptors (Lipinski definition) is 6. The summed E-state index contributed by atoms with van der Waals surface area (Å²) in [6, 6.07) is 3.87. The molecule has 226 valence electrons. The van der Waals surface area contributed by atoms with E-state index in [-0.39, 0.29) is 31.4 Å². The van der Waals surface area contributed by atoms with Crippen LogP contribution in [0.4, 0.5) is 4.79 Å². The average molecular weight is 562 g/mol. The van der Waals surface area contributed by atoms with Crippen molar-refractivity contribution >= 4 is 23.9 Å². The maximum Gasteiger partial charge on any atom is 0.408 e. The number of ether oxygens (including phenoxy) is 2. The number of hydrogen-bond donors (Lipinski definition) is 2. The van der Waals surface area contributed by atoms with Gasteiger partial charge in [-0.2, -0.15) is 0 Å². The Labute approximate surface area is 240 Å². The summed E-state index contributed by atoms with van der Waals surface area (Å²) in [5.74, 6) is -1.44. The number of carbonyl (C=O) groups is 4. The number of amides is 3. The summed E-state index contributed by atoms with van der Waals surface area (Å²) >= 11 is 0. The van der Waals surface area contributed by atoms with E-state index in [9.17, 15) is 19.2 Å². The molecule has 0 saturated carbocycles. The van der Waals surface area contributed by atoms with Crippen LogP contribution in [0.15, 0.2) is 18.2 Å². The topological polar surface area (TPSA) is 114 Å². The molecule has 0 aliphatic heterocycles. The van der Waals surface area contributed by atoms with Crippen LogP contribution in [0.1, 0.15) is 104 Å². The van der Waals surface area contributed by atoms with Crippen LogP contribution in [-0.4, -0.2) is 59.1 Å². The molecule has 1 aromatic carbocycles. The lowest BCUT2D eigenvalue weighted by Gasteiger charge is -2.45. The maximum atomic E-state index is 14.5. The molecule has 9 nitrogen and oxygen atoms in total. The highest BCUT2D eigenvalue weighted by Crippen LogP contribution is 2.34. The Bertz CT molecular complexity index is 1010. The van der Waals surface area contributed by atoms with Gasteiger partial charge in [0.25, 0.3) is 0 Å². The van der Waals surface area contributed by atoms with Gasteiger partial charge in [0.2, 0.25) is 11.8 Å². The number of carbonyl (C=O) groups excluding carboxylic acids is 4. The molecule has 0 fully saturated rings. The Kier molecular flexibility index (Phi) is 13.1. The minimum Gasteiger partial charge on any atom is -0.466 e. The van der Waals surface area contributed by atoms with Crippen molar-refractivity contribution in [2.75, 3.05) is 13.2 Å². The third kappa shape index (κ3) is 10.5. The Balaban J connectivity index is 3.66. The summed E-state index contributed by atoms with van der Waals surface area (Å²) in [6.45, 7) is 20.8. The van der Waals surface area contributed by atoms with E-state index < -0.39 is 41.2 Å². The van der Waals surface area contributed by atoms with Gasteiger partial charge in [-0.25, -0.2) is 4.79 Å². The van der Waals surface area contributed by atoms with Crippen LogP contribution in [0, 0.1) is 19.8 Å². The molecular formula is C31H51N3O6. The fraction of sp³-hybridized carbons (Fsp3) is 0.677. The standard InChI is InChI=1S/C31H51N3O6/c1-12-22(6)25(33-29(38)40-30(7,8)9)28(37)34(31(10,11)13-2)26(23-18-20(4)17-21(5)19-23)27(36)32-16-15-24(35)39-14-3/h17-19,22,25-26H,12-16H2,1-11H3,(H,32,36)(H,33,38). The first kappa shape index (κ1) is 34.9. The first-order chi connectivity index (χ1) is 18.5. The fourth-order valence-corrected chi connectivity index (χ4v) is 4.42. The van der Waals surface area contributed by atoms with Crippen molar-refractivity contribution in [1.82, 2.24) is 15.5 Å². The molecule has 3 amide bonds. The number of aryl methyl sites for hydroxylation is 2. The van der Waals surface area contributed by atoms with Crippen molar-refractivity contribution in [2.45, 2.75) is 119 Å². The third-order valence-electron chi connectivity index (χ3n) is 6.91. The Morgan fingerprint density at radius 1 is 0.950 bits per heavy atom. The first-order valence-electron chi connectivity index (χ1n) is 14.3. The van der Waals surface area contributed by atoms with Crippen LogP contribution >= 0.6 is 0 Å². The highest BCUT2D eigenvalue weighted by atomic mass is 16.6. The van der Waals surface area contributed by atoms with Gasteiger partial charge in [0.15, 0.2) is 0 Å². The molecule has 0 spiro atoms. The average Bonchev–Trinajstić information content (AvgIpc) is 2.83. The van der Waals surface area contributed by atoms with Crippen LogP contribution in [0.5, 0.6) is 0 Å². The fourth-order valence-electron chi connectivity index (χ4n) is 4.42. The molecule has 9 heteroatoms. The van der Waals surface area contributed by atoms with E-state index in [1.807, 2.05) is 66.7 Å². The zero-order valence-corrected chi connectivity index (χ0v) is 26.4. The van der Waals surface area contributed by atoms with Gasteiger partial charge in [-0.15, -0.1) is 0 Å². The Morgan fingerprint density at radius 2 is 1.52 bits per heavy atom. The van der Waals surface area contributed by atoms with Gasteiger partial charge in [0.05, 0.1) is 13.0 Å². The minimum absolute atomic E-state index is 0.0138. The molecule has 0 bridgehead atoms. The molecule has 40 heavy (non-hydrogen) atoms. The van der Waals surface area contributed by atoms with Crippen LogP contribution < -0.4 is 10.6 Å². The molecule has 1 rings (SSSR count). The SMILES string of the molecule is CCOC(=O)CCNC(=O)C(c1cc(C)cc(C)c1)N(C(=O)C(NC(=O)OC(C)(C)C)C(C)CC)C(C)(C)CC. The van der Waals surface area contributed by atoms with Gasteiger partial charge in [-0.1, -0.05) is 56.5 Å². The van der Waals surface area contributed by atoms with Crippen LogP contribution in [0.25, 0.3) is 0 Å². The molecule has 3 atom stereocenters. The lowest BCUT2D eigenvalue weighted by atomic mass is 9.88. The quantitative estimate of drug-likeness (QED) is 0.313. The summed E-state index contributed by atoms with van der Waals surface area (Å²) < 4.78 is 10.5. The molecule has 0 radical (unpaired) electrons. The smallest absolute Gasteiger partial charge is 0.408 e. The van der Waals surface area contributed by atoms with E-state index >= 15 is 0 Å². The molecule has 0 aromatic heterocycles. The summed E-state index contributed by atoms with van der Waals surface area (Å²) in [7, 11) is 0. The van der Waals surface area contributed by atoms with Gasteiger partial charge < -0.3 is 25.0 Å². The number of nitrogens with one attached hydrogen (secondary N) is 2. The van der Waals surface area contributed by atoms with Crippen molar-refractivity contribution in [3.05, 3.63) is 34.9 Å². The number of rotatable bonds is 13. The van der Waals surface area contributed by atoms with Gasteiger partial charge in [-0.05, 0) is 73.3 Å². The predicted octanol–water partition coefficient (Wildman–Crippen LogP) is 5.37. The minimum atomic E-state index is -1.00. The summed E-state index contributed by atoms with van der Waals surface area (Å²) in [4.78, 5) is 54.8. The monoisotopic (exact) mass is 561 g/mol. The first-order valence-corrected chi connectivity index (χ1v) is 14.3. The van der Waals surface area contributed by atoms with Crippen molar-refractivity contribution in [3.8, 4) is 0 Å². The van der Waals surface area contributed by atoms with Crippen molar-refractivity contribution in [3.63, 3.8) is 0 Å². The lowest BCUT2D eigenvalue weighted by Crippen LogP contribution is -2.60. The van der Waals surface area contributed by atoms with Crippen molar-refractivity contribution < 1.29 is 28.7 Å². The van der Waals surface area contributed by atoms with E-state index in [0.29, 0.717) is 18.4 Å². The van der Waals surface area contributed by atoms with Crippen molar-refractivity contribution in [1.29, 1.82) is 0 Å². The second-order valence-electron chi connectivity index (χ2n) is 12.1. The number of benzene rings is 1. The van der Waals surface area contributed by atoms with Gasteiger partial charge >= 0.3 is 12.1 Å². The third-order valence-corrected chi connectivity index (χ3v) is 6.91. The zero-order valence-electron chi connectivity index (χ0n) is 26.4. The van der Waals surface area contributed by atoms with E-state index in [4.69, 9.17) is 9.47 Å². The molecule has 0 saturated heterocycles. The van der Waals surface area contributed by atoms with Crippen LogP contribution in [0.3, 0.4) is 0 Å². The van der Waals surface area contributed by atoms with Crippen LogP contribution in [0.2, 0.25) is 0 Å². The van der Waals surface area contributed by atoms with E-state index in [0.717, 1.165) is 11.1 Å². The summed E-state index contributed by atoms with van der Waals surface area (Å²) in [6.07, 6.45) is 0.490. The van der Waals surface area contributed by atoms with Gasteiger partial charge in [0.1, 0.15) is 17.7 Å². The highest BCUT2D eigenvalue weighted by Gasteiger charge is 2.44. The van der Waals surface area contributed by atoms with Gasteiger partial charge in [0, 0.05) is 12.1 Å². The van der Waals surface area contributed by atoms with Gasteiger partial charge in [-0.3, -0.25) is 14.4 Å². The highest BCUT2D eigenvalue weighted by molar-refractivity contribution is 5.93. The Hall–Kier alpha value is -3.10. The van der Waals surface area contributed by atoms with E-state index in [2.05, 4.69) is 10.6 Å². The Morgan fingerprint density at radius 3 is 2.00 bits per heavy atom. The molecule has 0 heterocycles. The van der Waals surface area contributed by atoms with E-state index in [1.165, 1.54) is 0 Å². The molecule has 0 aliphatic carbocycles. The zero-order chi connectivity index (χ0) is 30.8. The second kappa shape index (κ2) is 15.1. The largest absolute Gasteiger partial charge is 0.466 e. The molecule has 3 unspecified atom stereocenters. The lowest BCUT2D eigenvalue weighted by molar-refractivity contribution is -0.150. The maximum absolute atomic E-state index is 14.5. The normalized spacial score (nSPS) is 14.0. The predicted molar refractivity (Wildman–Crippen MR) is 157 cm³/mol. The summed E-state index contributed by atoms with van der Waals surface area (Å²) in [5, 5.41) is 5.64. The molecule has 1 aromatic rings. The number of esters is 1. The number of alkyl carbamates (subject to hydrolysis) is 1. The van der Waals surface area contributed by atoms with Crippen molar-refractivity contribution in [2.24, 2.45) is 5.92 Å². The van der Waals surface area contributed by atoms with Crippen LogP contribution in [-0.2, 0) is 23.9 Å². The molecule has 0 aliphatic rings. The second-order valence-corrected chi connectivity index (χ2v) is 12.1. The summed E-state index contributed by atoms with van der Waals surface area (Å²) in [5.41, 5.74) is 1.05.